The Morgan fingerprint density at radius 3 is 2.40 bits per heavy atom. The Hall–Kier alpha value is -4.51. The standard InChI is InChI=1S/C31H36N6O4S/c1-30(2,3)37-13-11-23(18-37)27(39)33-17-26(38)36-28-35-25(19-42-28)22-9-7-8-20(14-22)21-10-12-32-24(15-21)16-34-29(40)41-31(4,5)6/h7-15,18-19H,16-17H2,1-6H3,(H,33,39)(H,34,40)(H,35,36,38). The van der Waals surface area contributed by atoms with Crippen LogP contribution in [0, 0.1) is 0 Å². The molecule has 4 aromatic rings. The predicted molar refractivity (Wildman–Crippen MR) is 164 cm³/mol. The van der Waals surface area contributed by atoms with Crippen LogP contribution in [0.1, 0.15) is 57.6 Å². The van der Waals surface area contributed by atoms with Gasteiger partial charge in [-0.3, -0.25) is 14.6 Å². The lowest BCUT2D eigenvalue weighted by atomic mass is 10.0. The summed E-state index contributed by atoms with van der Waals surface area (Å²) in [5, 5.41) is 10.4. The average molecular weight is 589 g/mol. The van der Waals surface area contributed by atoms with Crippen LogP contribution in [0.15, 0.2) is 66.4 Å². The summed E-state index contributed by atoms with van der Waals surface area (Å²) in [5.41, 5.74) is 3.96. The van der Waals surface area contributed by atoms with Gasteiger partial charge in [-0.05, 0) is 76.9 Å². The van der Waals surface area contributed by atoms with E-state index in [9.17, 15) is 14.4 Å². The molecule has 0 bridgehead atoms. The first kappa shape index (κ1) is 30.4. The molecule has 0 aliphatic carbocycles. The third kappa shape index (κ3) is 8.50. The molecule has 3 amide bonds. The summed E-state index contributed by atoms with van der Waals surface area (Å²) >= 11 is 1.31. The number of ether oxygens (including phenoxy) is 1. The Morgan fingerprint density at radius 1 is 0.952 bits per heavy atom. The molecule has 10 nitrogen and oxygen atoms in total. The zero-order chi connectivity index (χ0) is 30.5. The molecule has 42 heavy (non-hydrogen) atoms. The maximum absolute atomic E-state index is 12.5. The van der Waals surface area contributed by atoms with Crippen LogP contribution in [0.25, 0.3) is 22.4 Å². The highest BCUT2D eigenvalue weighted by Gasteiger charge is 2.17. The Balaban J connectivity index is 1.35. The number of hydrogen-bond acceptors (Lipinski definition) is 7. The molecule has 0 saturated heterocycles. The number of thiazole rings is 1. The first-order valence-electron chi connectivity index (χ1n) is 13.5. The number of carbonyl (C=O) groups is 3. The van der Waals surface area contributed by atoms with E-state index >= 15 is 0 Å². The van der Waals surface area contributed by atoms with Crippen molar-refractivity contribution in [2.45, 2.75) is 59.2 Å². The average Bonchev–Trinajstić information content (AvgIpc) is 3.61. The fourth-order valence-corrected chi connectivity index (χ4v) is 4.66. The van der Waals surface area contributed by atoms with E-state index in [0.29, 0.717) is 22.1 Å². The van der Waals surface area contributed by atoms with E-state index in [1.165, 1.54) is 11.3 Å². The van der Waals surface area contributed by atoms with Gasteiger partial charge in [0.15, 0.2) is 5.13 Å². The molecule has 0 saturated carbocycles. The molecular formula is C31H36N6O4S. The smallest absolute Gasteiger partial charge is 0.407 e. The van der Waals surface area contributed by atoms with Gasteiger partial charge >= 0.3 is 6.09 Å². The van der Waals surface area contributed by atoms with Crippen LogP contribution in [-0.2, 0) is 21.6 Å². The number of benzene rings is 1. The van der Waals surface area contributed by atoms with Crippen LogP contribution in [-0.4, -0.2) is 44.6 Å². The van der Waals surface area contributed by atoms with E-state index in [1.807, 2.05) is 94.1 Å². The normalized spacial score (nSPS) is 11.6. The molecule has 0 aliphatic heterocycles. The number of carbonyl (C=O) groups excluding carboxylic acids is 3. The SMILES string of the molecule is CC(C)(C)OC(=O)NCc1cc(-c2cccc(-c3csc(NC(=O)CNC(=O)c4ccn(C(C)(C)C)c4)n3)c2)ccn1. The van der Waals surface area contributed by atoms with E-state index < -0.39 is 11.7 Å². The molecule has 3 N–H and O–H groups in total. The van der Waals surface area contributed by atoms with Crippen molar-refractivity contribution in [3.8, 4) is 22.4 Å². The van der Waals surface area contributed by atoms with Crippen molar-refractivity contribution in [1.82, 2.24) is 25.2 Å². The molecule has 4 rings (SSSR count). The second kappa shape index (κ2) is 12.6. The highest BCUT2D eigenvalue weighted by molar-refractivity contribution is 7.14. The second-order valence-corrected chi connectivity index (χ2v) is 12.6. The first-order chi connectivity index (χ1) is 19.8. The molecule has 0 spiro atoms. The maximum Gasteiger partial charge on any atom is 0.407 e. The quantitative estimate of drug-likeness (QED) is 0.238. The Labute approximate surface area is 249 Å². The Kier molecular flexibility index (Phi) is 9.11. The van der Waals surface area contributed by atoms with Gasteiger partial charge in [0.2, 0.25) is 5.91 Å². The van der Waals surface area contributed by atoms with Crippen molar-refractivity contribution in [1.29, 1.82) is 0 Å². The highest BCUT2D eigenvalue weighted by Crippen LogP contribution is 2.29. The Morgan fingerprint density at radius 2 is 1.69 bits per heavy atom. The predicted octanol–water partition coefficient (Wildman–Crippen LogP) is 5.82. The number of pyridine rings is 1. The molecular weight excluding hydrogens is 552 g/mol. The van der Waals surface area contributed by atoms with Gasteiger partial charge in [0, 0.05) is 35.1 Å². The number of aromatic nitrogens is 3. The monoisotopic (exact) mass is 588 g/mol. The van der Waals surface area contributed by atoms with Crippen molar-refractivity contribution in [2.75, 3.05) is 11.9 Å². The zero-order valence-electron chi connectivity index (χ0n) is 24.6. The third-order valence-electron chi connectivity index (χ3n) is 6.01. The van der Waals surface area contributed by atoms with Gasteiger partial charge in [0.05, 0.1) is 30.0 Å². The fourth-order valence-electron chi connectivity index (χ4n) is 3.93. The number of rotatable bonds is 8. The number of hydrogen-bond donors (Lipinski definition) is 3. The van der Waals surface area contributed by atoms with Crippen molar-refractivity contribution in [2.24, 2.45) is 0 Å². The van der Waals surface area contributed by atoms with Crippen LogP contribution in [0.2, 0.25) is 0 Å². The minimum Gasteiger partial charge on any atom is -0.444 e. The van der Waals surface area contributed by atoms with E-state index in [2.05, 4.69) is 25.9 Å². The number of anilines is 1. The third-order valence-corrected chi connectivity index (χ3v) is 6.77. The molecule has 0 atom stereocenters. The van der Waals surface area contributed by atoms with Gasteiger partial charge < -0.3 is 25.3 Å². The molecule has 11 heteroatoms. The topological polar surface area (TPSA) is 127 Å². The summed E-state index contributed by atoms with van der Waals surface area (Å²) in [6.07, 6.45) is 4.81. The molecule has 3 aromatic heterocycles. The van der Waals surface area contributed by atoms with Gasteiger partial charge in [0.25, 0.3) is 5.91 Å². The van der Waals surface area contributed by atoms with E-state index in [0.717, 1.165) is 16.7 Å². The van der Waals surface area contributed by atoms with Gasteiger partial charge in [-0.25, -0.2) is 9.78 Å². The van der Waals surface area contributed by atoms with Crippen molar-refractivity contribution >= 4 is 34.4 Å². The lowest BCUT2D eigenvalue weighted by Crippen LogP contribution is -2.32. The number of alkyl carbamates (subject to hydrolysis) is 1. The largest absolute Gasteiger partial charge is 0.444 e. The number of nitrogens with one attached hydrogen (secondary N) is 3. The van der Waals surface area contributed by atoms with Crippen LogP contribution < -0.4 is 16.0 Å². The van der Waals surface area contributed by atoms with Crippen molar-refractivity contribution < 1.29 is 19.1 Å². The summed E-state index contributed by atoms with van der Waals surface area (Å²) < 4.78 is 7.24. The molecule has 0 unspecified atom stereocenters. The molecule has 0 radical (unpaired) electrons. The highest BCUT2D eigenvalue weighted by atomic mass is 32.1. The van der Waals surface area contributed by atoms with E-state index in [4.69, 9.17) is 4.74 Å². The van der Waals surface area contributed by atoms with Gasteiger partial charge in [-0.2, -0.15) is 0 Å². The van der Waals surface area contributed by atoms with Crippen molar-refractivity contribution in [3.63, 3.8) is 0 Å². The van der Waals surface area contributed by atoms with Crippen LogP contribution in [0.3, 0.4) is 0 Å². The molecule has 0 fully saturated rings. The summed E-state index contributed by atoms with van der Waals surface area (Å²) in [6.45, 7) is 11.6. The van der Waals surface area contributed by atoms with Gasteiger partial charge in [0.1, 0.15) is 5.60 Å². The Bertz CT molecular complexity index is 1580. The molecule has 3 heterocycles. The van der Waals surface area contributed by atoms with Crippen LogP contribution >= 0.6 is 11.3 Å². The molecule has 220 valence electrons. The van der Waals surface area contributed by atoms with Gasteiger partial charge in [-0.1, -0.05) is 18.2 Å². The summed E-state index contributed by atoms with van der Waals surface area (Å²) in [4.78, 5) is 45.9. The van der Waals surface area contributed by atoms with E-state index in [-0.39, 0.29) is 30.4 Å². The lowest BCUT2D eigenvalue weighted by molar-refractivity contribution is -0.115. The first-order valence-corrected chi connectivity index (χ1v) is 14.4. The zero-order valence-corrected chi connectivity index (χ0v) is 25.5. The molecule has 0 aliphatic rings. The minimum atomic E-state index is -0.575. The summed E-state index contributed by atoms with van der Waals surface area (Å²) in [7, 11) is 0. The lowest BCUT2D eigenvalue weighted by Gasteiger charge is -2.20. The van der Waals surface area contributed by atoms with E-state index in [1.54, 1.807) is 18.5 Å². The summed E-state index contributed by atoms with van der Waals surface area (Å²) in [5.74, 6) is -0.678. The number of nitrogens with zero attached hydrogens (tertiary/aromatic N) is 3. The molecule has 1 aromatic carbocycles. The van der Waals surface area contributed by atoms with Crippen LogP contribution in [0.5, 0.6) is 0 Å². The number of amides is 3. The maximum atomic E-state index is 12.5. The summed E-state index contributed by atoms with van der Waals surface area (Å²) in [6, 6.07) is 13.4. The van der Waals surface area contributed by atoms with Gasteiger partial charge in [-0.15, -0.1) is 11.3 Å². The second-order valence-electron chi connectivity index (χ2n) is 11.7. The van der Waals surface area contributed by atoms with Crippen LogP contribution in [0.4, 0.5) is 9.93 Å². The fraction of sp³-hybridized carbons (Fsp3) is 0.323. The minimum absolute atomic E-state index is 0.139. The van der Waals surface area contributed by atoms with Crippen molar-refractivity contribution in [3.05, 3.63) is 77.7 Å².